The fourth-order valence-electron chi connectivity index (χ4n) is 3.12. The number of nitrogens with zero attached hydrogens (tertiary/aromatic N) is 2. The van der Waals surface area contributed by atoms with Gasteiger partial charge in [-0.05, 0) is 31.6 Å². The van der Waals surface area contributed by atoms with Crippen LogP contribution in [0.4, 0.5) is 4.79 Å². The van der Waals surface area contributed by atoms with Crippen molar-refractivity contribution in [3.63, 3.8) is 0 Å². The number of piperidine rings is 2. The second-order valence-electron chi connectivity index (χ2n) is 6.05. The first-order valence-electron chi connectivity index (χ1n) is 7.67. The molecule has 0 aromatic carbocycles. The van der Waals surface area contributed by atoms with E-state index >= 15 is 0 Å². The summed E-state index contributed by atoms with van der Waals surface area (Å²) in [4.78, 5) is 16.6. The summed E-state index contributed by atoms with van der Waals surface area (Å²) in [6, 6.07) is 0.489. The smallest absolute Gasteiger partial charge is 0.317 e. The van der Waals surface area contributed by atoms with Crippen LogP contribution in [-0.2, 0) is 0 Å². The number of amides is 2. The van der Waals surface area contributed by atoms with Gasteiger partial charge in [-0.1, -0.05) is 6.92 Å². The number of likely N-dealkylation sites (tertiary alicyclic amines) is 2. The Bertz CT molecular complexity index is 289. The lowest BCUT2D eigenvalue weighted by atomic mass is 10.0. The largest absolute Gasteiger partial charge is 0.335 e. The van der Waals surface area contributed by atoms with E-state index in [-0.39, 0.29) is 6.03 Å². The fraction of sp³-hybridized carbons (Fsp3) is 0.929. The number of rotatable bonds is 3. The zero-order valence-electron chi connectivity index (χ0n) is 12.1. The van der Waals surface area contributed by atoms with Crippen LogP contribution >= 0.6 is 0 Å². The minimum absolute atomic E-state index is 0.142. The second kappa shape index (κ2) is 7.10. The van der Waals surface area contributed by atoms with Gasteiger partial charge in [-0.15, -0.1) is 0 Å². The Labute approximate surface area is 116 Å². The summed E-state index contributed by atoms with van der Waals surface area (Å²) in [5, 5.41) is 3.20. The van der Waals surface area contributed by atoms with E-state index in [0.717, 1.165) is 58.5 Å². The van der Waals surface area contributed by atoms with Crippen molar-refractivity contribution in [2.75, 3.05) is 39.3 Å². The lowest BCUT2D eigenvalue weighted by molar-refractivity contribution is 0.154. The fourth-order valence-corrected chi connectivity index (χ4v) is 3.12. The molecule has 3 N–H and O–H groups in total. The Morgan fingerprint density at radius 1 is 1.26 bits per heavy atom. The Morgan fingerprint density at radius 2 is 2.00 bits per heavy atom. The van der Waals surface area contributed by atoms with Crippen molar-refractivity contribution < 1.29 is 4.79 Å². The quantitative estimate of drug-likeness (QED) is 0.798. The summed E-state index contributed by atoms with van der Waals surface area (Å²) in [5.41, 5.74) is 5.57. The first kappa shape index (κ1) is 14.6. The van der Waals surface area contributed by atoms with Crippen molar-refractivity contribution in [2.45, 2.75) is 38.6 Å². The number of hydrogen-bond donors (Lipinski definition) is 2. The summed E-state index contributed by atoms with van der Waals surface area (Å²) in [7, 11) is 0. The monoisotopic (exact) mass is 268 g/mol. The van der Waals surface area contributed by atoms with E-state index in [9.17, 15) is 4.79 Å². The van der Waals surface area contributed by atoms with E-state index in [1.165, 1.54) is 6.42 Å². The number of carbonyl (C=O) groups is 1. The molecule has 2 heterocycles. The van der Waals surface area contributed by atoms with Gasteiger partial charge in [0.25, 0.3) is 0 Å². The molecule has 0 aromatic rings. The Hall–Kier alpha value is -0.810. The zero-order chi connectivity index (χ0) is 13.7. The van der Waals surface area contributed by atoms with E-state index in [0.29, 0.717) is 12.0 Å². The molecule has 5 nitrogen and oxygen atoms in total. The second-order valence-corrected chi connectivity index (χ2v) is 6.05. The first-order valence-corrected chi connectivity index (χ1v) is 7.67. The maximum Gasteiger partial charge on any atom is 0.317 e. The SMILES string of the molecule is CC1CCCN(C(=O)NC2CCN(CCN)CC2)C1. The van der Waals surface area contributed by atoms with E-state index in [2.05, 4.69) is 17.1 Å². The molecular formula is C14H28N4O. The van der Waals surface area contributed by atoms with Crippen LogP contribution in [0.3, 0.4) is 0 Å². The van der Waals surface area contributed by atoms with Crippen LogP contribution in [-0.4, -0.2) is 61.1 Å². The normalized spacial score (nSPS) is 26.4. The average molecular weight is 268 g/mol. The van der Waals surface area contributed by atoms with Gasteiger partial charge in [0, 0.05) is 45.3 Å². The van der Waals surface area contributed by atoms with E-state index in [1.54, 1.807) is 0 Å². The maximum atomic E-state index is 12.2. The van der Waals surface area contributed by atoms with Gasteiger partial charge >= 0.3 is 6.03 Å². The predicted octanol–water partition coefficient (Wildman–Crippen LogP) is 0.851. The molecule has 0 aliphatic carbocycles. The van der Waals surface area contributed by atoms with Crippen LogP contribution in [0.2, 0.25) is 0 Å². The lowest BCUT2D eigenvalue weighted by Crippen LogP contribution is -2.51. The number of urea groups is 1. The van der Waals surface area contributed by atoms with Gasteiger partial charge in [0.2, 0.25) is 0 Å². The minimum Gasteiger partial charge on any atom is -0.335 e. The van der Waals surface area contributed by atoms with Crippen LogP contribution in [0.5, 0.6) is 0 Å². The summed E-state index contributed by atoms with van der Waals surface area (Å²) in [6.07, 6.45) is 4.50. The zero-order valence-corrected chi connectivity index (χ0v) is 12.1. The molecule has 0 radical (unpaired) electrons. The van der Waals surface area contributed by atoms with Crippen molar-refractivity contribution in [3.05, 3.63) is 0 Å². The summed E-state index contributed by atoms with van der Waals surface area (Å²) in [5.74, 6) is 0.644. The highest BCUT2D eigenvalue weighted by molar-refractivity contribution is 5.74. The topological polar surface area (TPSA) is 61.6 Å². The molecule has 110 valence electrons. The molecule has 0 saturated carbocycles. The lowest BCUT2D eigenvalue weighted by Gasteiger charge is -2.35. The van der Waals surface area contributed by atoms with Gasteiger partial charge in [0.1, 0.15) is 0 Å². The Balaban J connectivity index is 1.71. The molecule has 0 bridgehead atoms. The molecule has 1 atom stereocenters. The third-order valence-electron chi connectivity index (χ3n) is 4.30. The van der Waals surface area contributed by atoms with Crippen molar-refractivity contribution in [1.82, 2.24) is 15.1 Å². The number of nitrogens with two attached hydrogens (primary N) is 1. The third kappa shape index (κ3) is 4.35. The van der Waals surface area contributed by atoms with Crippen molar-refractivity contribution >= 4 is 6.03 Å². The maximum absolute atomic E-state index is 12.2. The van der Waals surface area contributed by atoms with Gasteiger partial charge in [-0.3, -0.25) is 0 Å². The van der Waals surface area contributed by atoms with Crippen LogP contribution in [0.15, 0.2) is 0 Å². The summed E-state index contributed by atoms with van der Waals surface area (Å²) < 4.78 is 0. The Morgan fingerprint density at radius 3 is 2.63 bits per heavy atom. The van der Waals surface area contributed by atoms with Crippen molar-refractivity contribution in [3.8, 4) is 0 Å². The minimum atomic E-state index is 0.142. The van der Waals surface area contributed by atoms with Gasteiger partial charge in [-0.2, -0.15) is 0 Å². The third-order valence-corrected chi connectivity index (χ3v) is 4.30. The average Bonchev–Trinajstić information content (AvgIpc) is 2.41. The van der Waals surface area contributed by atoms with Gasteiger partial charge in [0.05, 0.1) is 0 Å². The standard InChI is InChI=1S/C14H28N4O/c1-12-3-2-7-18(11-12)14(19)16-13-4-8-17(9-5-13)10-6-15/h12-13H,2-11,15H2,1H3,(H,16,19). The van der Waals surface area contributed by atoms with Crippen LogP contribution in [0, 0.1) is 5.92 Å². The molecule has 2 aliphatic heterocycles. The molecule has 0 spiro atoms. The van der Waals surface area contributed by atoms with Gasteiger partial charge in [-0.25, -0.2) is 4.79 Å². The number of nitrogens with one attached hydrogen (secondary N) is 1. The van der Waals surface area contributed by atoms with E-state index in [1.807, 2.05) is 4.90 Å². The predicted molar refractivity (Wildman–Crippen MR) is 77.0 cm³/mol. The highest BCUT2D eigenvalue weighted by Crippen LogP contribution is 2.16. The molecule has 5 heteroatoms. The molecule has 2 rings (SSSR count). The van der Waals surface area contributed by atoms with Gasteiger partial charge < -0.3 is 20.9 Å². The molecule has 19 heavy (non-hydrogen) atoms. The van der Waals surface area contributed by atoms with Gasteiger partial charge in [0.15, 0.2) is 0 Å². The highest BCUT2D eigenvalue weighted by Gasteiger charge is 2.25. The molecule has 2 fully saturated rings. The summed E-state index contributed by atoms with van der Waals surface area (Å²) in [6.45, 7) is 7.87. The molecule has 2 aliphatic rings. The van der Waals surface area contributed by atoms with E-state index in [4.69, 9.17) is 5.73 Å². The highest BCUT2D eigenvalue weighted by atomic mass is 16.2. The first-order chi connectivity index (χ1) is 9.19. The summed E-state index contributed by atoms with van der Waals surface area (Å²) >= 11 is 0. The molecule has 0 aromatic heterocycles. The molecular weight excluding hydrogens is 240 g/mol. The van der Waals surface area contributed by atoms with Crippen LogP contribution in [0.25, 0.3) is 0 Å². The van der Waals surface area contributed by atoms with Crippen LogP contribution in [0.1, 0.15) is 32.6 Å². The molecule has 2 amide bonds. The molecule has 2 saturated heterocycles. The molecule has 1 unspecified atom stereocenters. The number of carbonyl (C=O) groups excluding carboxylic acids is 1. The van der Waals surface area contributed by atoms with E-state index < -0.39 is 0 Å². The Kier molecular flexibility index (Phi) is 5.45. The van der Waals surface area contributed by atoms with Crippen molar-refractivity contribution in [1.29, 1.82) is 0 Å². The number of hydrogen-bond acceptors (Lipinski definition) is 3. The van der Waals surface area contributed by atoms with Crippen LogP contribution < -0.4 is 11.1 Å². The van der Waals surface area contributed by atoms with Crippen molar-refractivity contribution in [2.24, 2.45) is 11.7 Å².